The molecule has 0 aliphatic rings. The van der Waals surface area contributed by atoms with Crippen molar-refractivity contribution in [2.24, 2.45) is 0 Å². The Kier molecular flexibility index (Phi) is 3.19. The maximum atomic E-state index is 10.4. The Hall–Kier alpha value is -2.16. The Morgan fingerprint density at radius 2 is 2.12 bits per heavy atom. The number of amides is 1. The van der Waals surface area contributed by atoms with Gasteiger partial charge in [-0.3, -0.25) is 4.79 Å². The summed E-state index contributed by atoms with van der Waals surface area (Å²) in [5, 5.41) is 4.69. The molecule has 17 heavy (non-hydrogen) atoms. The molecule has 3 nitrogen and oxygen atoms in total. The number of carbonyl (C=O) groups is 1. The zero-order valence-corrected chi connectivity index (χ0v) is 9.90. The molecule has 1 aromatic heterocycles. The van der Waals surface area contributed by atoms with Crippen molar-refractivity contribution in [3.8, 4) is 0 Å². The van der Waals surface area contributed by atoms with E-state index in [9.17, 15) is 4.79 Å². The van der Waals surface area contributed by atoms with Gasteiger partial charge >= 0.3 is 0 Å². The zero-order chi connectivity index (χ0) is 12.3. The molecular weight excluding hydrogens is 212 g/mol. The monoisotopic (exact) mass is 226 g/mol. The molecule has 0 atom stereocenters. The summed E-state index contributed by atoms with van der Waals surface area (Å²) >= 11 is 0. The molecule has 1 N–H and O–H groups in total. The highest BCUT2D eigenvalue weighted by atomic mass is 16.1. The maximum absolute atomic E-state index is 10.4. The van der Waals surface area contributed by atoms with Gasteiger partial charge in [0.05, 0.1) is 0 Å². The fourth-order valence-electron chi connectivity index (χ4n) is 1.69. The van der Waals surface area contributed by atoms with Gasteiger partial charge in [0, 0.05) is 11.6 Å². The van der Waals surface area contributed by atoms with Crippen molar-refractivity contribution in [1.82, 2.24) is 4.98 Å². The molecule has 0 aliphatic carbocycles. The molecule has 0 unspecified atom stereocenters. The van der Waals surface area contributed by atoms with Crippen LogP contribution in [-0.2, 0) is 4.79 Å². The lowest BCUT2D eigenvalue weighted by atomic mass is 10.0. The Morgan fingerprint density at radius 1 is 1.29 bits per heavy atom. The number of nitrogens with one attached hydrogen (secondary N) is 1. The van der Waals surface area contributed by atoms with Gasteiger partial charge in [-0.25, -0.2) is 4.98 Å². The van der Waals surface area contributed by atoms with Crippen LogP contribution in [0.3, 0.4) is 0 Å². The van der Waals surface area contributed by atoms with Crippen molar-refractivity contribution in [3.63, 3.8) is 0 Å². The number of fused-ring (bicyclic) bond motifs is 1. The van der Waals surface area contributed by atoms with Gasteiger partial charge in [0.2, 0.25) is 6.41 Å². The molecule has 1 aromatic carbocycles. The van der Waals surface area contributed by atoms with Crippen molar-refractivity contribution >= 4 is 28.6 Å². The second-order valence-electron chi connectivity index (χ2n) is 3.87. The fourth-order valence-corrected chi connectivity index (χ4v) is 1.69. The second-order valence-corrected chi connectivity index (χ2v) is 3.87. The molecule has 2 rings (SSSR count). The van der Waals surface area contributed by atoms with Crippen LogP contribution in [0.15, 0.2) is 36.5 Å². The lowest BCUT2D eigenvalue weighted by Gasteiger charge is -2.05. The summed E-state index contributed by atoms with van der Waals surface area (Å²) in [7, 11) is 0. The third-order valence-electron chi connectivity index (χ3n) is 2.82. The predicted octanol–water partition coefficient (Wildman–Crippen LogP) is 3.23. The third-order valence-corrected chi connectivity index (χ3v) is 2.82. The lowest BCUT2D eigenvalue weighted by molar-refractivity contribution is -0.105. The molecule has 0 saturated carbocycles. The topological polar surface area (TPSA) is 42.0 Å². The van der Waals surface area contributed by atoms with Crippen LogP contribution in [0.1, 0.15) is 19.4 Å². The van der Waals surface area contributed by atoms with E-state index in [1.165, 1.54) is 11.1 Å². The van der Waals surface area contributed by atoms with E-state index in [0.29, 0.717) is 12.2 Å². The van der Waals surface area contributed by atoms with E-state index >= 15 is 0 Å². The minimum absolute atomic E-state index is 0.572. The molecule has 0 spiro atoms. The van der Waals surface area contributed by atoms with E-state index in [0.717, 1.165) is 10.8 Å². The van der Waals surface area contributed by atoms with E-state index in [2.05, 4.69) is 35.4 Å². The quantitative estimate of drug-likeness (QED) is 0.816. The molecule has 1 amide bonds. The van der Waals surface area contributed by atoms with Crippen LogP contribution >= 0.6 is 0 Å². The van der Waals surface area contributed by atoms with Crippen LogP contribution in [0, 0.1) is 0 Å². The number of carbonyl (C=O) groups excluding carboxylic acids is 1. The average molecular weight is 226 g/mol. The van der Waals surface area contributed by atoms with E-state index in [-0.39, 0.29) is 0 Å². The molecule has 86 valence electrons. The molecule has 0 aliphatic heterocycles. The first kappa shape index (κ1) is 11.3. The van der Waals surface area contributed by atoms with Crippen LogP contribution in [0.4, 0.5) is 5.82 Å². The van der Waals surface area contributed by atoms with Crippen molar-refractivity contribution < 1.29 is 4.79 Å². The average Bonchev–Trinajstić information content (AvgIpc) is 2.37. The minimum atomic E-state index is 0.572. The van der Waals surface area contributed by atoms with Crippen molar-refractivity contribution in [1.29, 1.82) is 0 Å². The summed E-state index contributed by atoms with van der Waals surface area (Å²) in [5.74, 6) is 0.572. The molecule has 0 saturated heterocycles. The van der Waals surface area contributed by atoms with Gasteiger partial charge in [-0.05, 0) is 42.5 Å². The molecule has 2 aromatic rings. The van der Waals surface area contributed by atoms with E-state index in [1.54, 1.807) is 6.20 Å². The van der Waals surface area contributed by atoms with Gasteiger partial charge in [0.15, 0.2) is 0 Å². The highest BCUT2D eigenvalue weighted by Gasteiger charge is 2.00. The van der Waals surface area contributed by atoms with E-state index in [4.69, 9.17) is 0 Å². The first-order chi connectivity index (χ1) is 8.24. The molecule has 3 heteroatoms. The standard InChI is InChI=1S/C14H14N2O/c1-3-10(2)11-4-5-12-8-15-14(16-9-17)7-13(12)6-11/h3-9H,1-2H3,(H,15,16,17)/b10-3+. The largest absolute Gasteiger partial charge is 0.313 e. The molecular formula is C14H14N2O. The summed E-state index contributed by atoms with van der Waals surface area (Å²) in [5.41, 5.74) is 2.41. The minimum Gasteiger partial charge on any atom is -0.313 e. The highest BCUT2D eigenvalue weighted by molar-refractivity contribution is 5.88. The zero-order valence-electron chi connectivity index (χ0n) is 9.90. The van der Waals surface area contributed by atoms with Crippen molar-refractivity contribution in [2.45, 2.75) is 13.8 Å². The van der Waals surface area contributed by atoms with Gasteiger partial charge in [0.1, 0.15) is 5.82 Å². The number of hydrogen-bond donors (Lipinski definition) is 1. The van der Waals surface area contributed by atoms with Crippen LogP contribution in [0.5, 0.6) is 0 Å². The Bertz CT molecular complexity index is 588. The van der Waals surface area contributed by atoms with E-state index < -0.39 is 0 Å². The summed E-state index contributed by atoms with van der Waals surface area (Å²) in [6, 6.07) is 8.08. The van der Waals surface area contributed by atoms with Gasteiger partial charge in [-0.15, -0.1) is 0 Å². The number of allylic oxidation sites excluding steroid dienone is 2. The molecule has 0 bridgehead atoms. The number of hydrogen-bond acceptors (Lipinski definition) is 2. The summed E-state index contributed by atoms with van der Waals surface area (Å²) in [6.45, 7) is 4.10. The van der Waals surface area contributed by atoms with Gasteiger partial charge in [0.25, 0.3) is 0 Å². The van der Waals surface area contributed by atoms with Gasteiger partial charge in [-0.2, -0.15) is 0 Å². The van der Waals surface area contributed by atoms with E-state index in [1.807, 2.05) is 19.1 Å². The number of benzene rings is 1. The molecule has 1 heterocycles. The Morgan fingerprint density at radius 3 is 2.82 bits per heavy atom. The van der Waals surface area contributed by atoms with Crippen molar-refractivity contribution in [3.05, 3.63) is 42.1 Å². The smallest absolute Gasteiger partial charge is 0.212 e. The summed E-state index contributed by atoms with van der Waals surface area (Å²) < 4.78 is 0. The van der Waals surface area contributed by atoms with Crippen LogP contribution < -0.4 is 5.32 Å². The Labute approximate surface area is 100 Å². The first-order valence-electron chi connectivity index (χ1n) is 5.48. The summed E-state index contributed by atoms with van der Waals surface area (Å²) in [6.07, 6.45) is 4.47. The molecule has 0 fully saturated rings. The first-order valence-corrected chi connectivity index (χ1v) is 5.48. The second kappa shape index (κ2) is 4.78. The Balaban J connectivity index is 2.54. The molecule has 0 radical (unpaired) electrons. The SMILES string of the molecule is C/C=C(\C)c1ccc2cnc(NC=O)cc2c1. The van der Waals surface area contributed by atoms with Crippen LogP contribution in [0.25, 0.3) is 16.3 Å². The third kappa shape index (κ3) is 2.33. The number of pyridine rings is 1. The number of nitrogens with zero attached hydrogens (tertiary/aromatic N) is 1. The summed E-state index contributed by atoms with van der Waals surface area (Å²) in [4.78, 5) is 14.5. The normalized spacial score (nSPS) is 11.5. The van der Waals surface area contributed by atoms with Gasteiger partial charge in [-0.1, -0.05) is 18.2 Å². The number of anilines is 1. The highest BCUT2D eigenvalue weighted by Crippen LogP contribution is 2.22. The predicted molar refractivity (Wildman–Crippen MR) is 70.8 cm³/mol. The lowest BCUT2D eigenvalue weighted by Crippen LogP contribution is -1.96. The van der Waals surface area contributed by atoms with Crippen LogP contribution in [0.2, 0.25) is 0 Å². The number of aromatic nitrogens is 1. The maximum Gasteiger partial charge on any atom is 0.212 e. The number of rotatable bonds is 3. The van der Waals surface area contributed by atoms with Crippen molar-refractivity contribution in [2.75, 3.05) is 5.32 Å². The van der Waals surface area contributed by atoms with Gasteiger partial charge < -0.3 is 5.32 Å². The fraction of sp³-hybridized carbons (Fsp3) is 0.143. The van der Waals surface area contributed by atoms with Crippen LogP contribution in [-0.4, -0.2) is 11.4 Å².